The van der Waals surface area contributed by atoms with Crippen LogP contribution in [0.2, 0.25) is 0 Å². The third kappa shape index (κ3) is 4.52. The fourth-order valence-corrected chi connectivity index (χ4v) is 2.47. The molecular weight excluding hydrogens is 308 g/mol. The lowest BCUT2D eigenvalue weighted by Crippen LogP contribution is -2.35. The molecule has 1 aromatic carbocycles. The van der Waals surface area contributed by atoms with E-state index >= 15 is 0 Å². The molecule has 2 aromatic rings. The first-order chi connectivity index (χ1) is 11.5. The van der Waals surface area contributed by atoms with Crippen LogP contribution in [-0.2, 0) is 11.2 Å². The van der Waals surface area contributed by atoms with Crippen LogP contribution in [0.5, 0.6) is 11.5 Å². The van der Waals surface area contributed by atoms with E-state index in [1.165, 1.54) is 0 Å². The van der Waals surface area contributed by atoms with Gasteiger partial charge < -0.3 is 19.2 Å². The number of furan rings is 1. The normalized spacial score (nSPS) is 12.0. The molecule has 0 spiro atoms. The van der Waals surface area contributed by atoms with E-state index in [2.05, 4.69) is 5.32 Å². The van der Waals surface area contributed by atoms with Crippen LogP contribution in [0.3, 0.4) is 0 Å². The summed E-state index contributed by atoms with van der Waals surface area (Å²) in [6.07, 6.45) is 1.91. The summed E-state index contributed by atoms with van der Waals surface area (Å²) in [6.45, 7) is 0.479. The summed E-state index contributed by atoms with van der Waals surface area (Å²) in [5.41, 5.74) is 0.865. The molecule has 1 atom stereocenters. The molecule has 1 heterocycles. The Hall–Kier alpha value is -2.47. The van der Waals surface area contributed by atoms with Crippen LogP contribution in [0.25, 0.3) is 0 Å². The number of amides is 1. The first-order valence-electron chi connectivity index (χ1n) is 7.72. The Labute approximate surface area is 142 Å². The second kappa shape index (κ2) is 8.40. The zero-order chi connectivity index (χ0) is 17.5. The summed E-state index contributed by atoms with van der Waals surface area (Å²) >= 11 is 0. The number of nitrogens with one attached hydrogen (secondary N) is 1. The van der Waals surface area contributed by atoms with Gasteiger partial charge in [0.2, 0.25) is 5.91 Å². The number of methoxy groups -OCH3 is 2. The van der Waals surface area contributed by atoms with Gasteiger partial charge >= 0.3 is 0 Å². The highest BCUT2D eigenvalue weighted by atomic mass is 16.5. The average molecular weight is 332 g/mol. The monoisotopic (exact) mass is 332 g/mol. The number of carbonyl (C=O) groups excluding carboxylic acids is 1. The molecule has 6 heteroatoms. The summed E-state index contributed by atoms with van der Waals surface area (Å²) in [5.74, 6) is 2.03. The van der Waals surface area contributed by atoms with Gasteiger partial charge in [0.25, 0.3) is 0 Å². The number of nitrogens with zero attached hydrogens (tertiary/aromatic N) is 1. The molecule has 0 aliphatic rings. The molecule has 0 bridgehead atoms. The SMILES string of the molecule is COc1ccc(CC(=O)NC[C@@H](c2ccco2)N(C)C)cc1OC. The number of ether oxygens (including phenoxy) is 2. The van der Waals surface area contributed by atoms with Crippen molar-refractivity contribution >= 4 is 5.91 Å². The lowest BCUT2D eigenvalue weighted by atomic mass is 10.1. The number of hydrogen-bond donors (Lipinski definition) is 1. The Balaban J connectivity index is 1.95. The van der Waals surface area contributed by atoms with Gasteiger partial charge in [-0.2, -0.15) is 0 Å². The lowest BCUT2D eigenvalue weighted by molar-refractivity contribution is -0.120. The van der Waals surface area contributed by atoms with E-state index in [1.54, 1.807) is 26.5 Å². The number of benzene rings is 1. The van der Waals surface area contributed by atoms with Crippen molar-refractivity contribution in [3.05, 3.63) is 47.9 Å². The summed E-state index contributed by atoms with van der Waals surface area (Å²) in [7, 11) is 7.06. The summed E-state index contributed by atoms with van der Waals surface area (Å²) in [4.78, 5) is 14.2. The van der Waals surface area contributed by atoms with Crippen molar-refractivity contribution in [2.75, 3.05) is 34.9 Å². The predicted molar refractivity (Wildman–Crippen MR) is 91.4 cm³/mol. The van der Waals surface area contributed by atoms with Crippen molar-refractivity contribution in [3.8, 4) is 11.5 Å². The van der Waals surface area contributed by atoms with Crippen molar-refractivity contribution in [2.45, 2.75) is 12.5 Å². The molecule has 1 N–H and O–H groups in total. The van der Waals surface area contributed by atoms with Crippen LogP contribution >= 0.6 is 0 Å². The van der Waals surface area contributed by atoms with Gasteiger partial charge in [0.05, 0.1) is 32.9 Å². The van der Waals surface area contributed by atoms with E-state index in [0.717, 1.165) is 11.3 Å². The van der Waals surface area contributed by atoms with Crippen molar-refractivity contribution < 1.29 is 18.7 Å². The molecule has 0 fully saturated rings. The van der Waals surface area contributed by atoms with E-state index in [4.69, 9.17) is 13.9 Å². The molecule has 0 saturated carbocycles. The molecule has 6 nitrogen and oxygen atoms in total. The standard InChI is InChI=1S/C18H24N2O4/c1-20(2)14(15-6-5-9-24-15)12-19-18(21)11-13-7-8-16(22-3)17(10-13)23-4/h5-10,14H,11-12H2,1-4H3,(H,19,21)/t14-/m0/s1. The number of rotatable bonds is 8. The molecule has 0 unspecified atom stereocenters. The first kappa shape index (κ1) is 17.9. The molecule has 0 radical (unpaired) electrons. The third-order valence-corrected chi connectivity index (χ3v) is 3.80. The summed E-state index contributed by atoms with van der Waals surface area (Å²) in [5, 5.41) is 2.95. The number of carbonyl (C=O) groups is 1. The van der Waals surface area contributed by atoms with Crippen molar-refractivity contribution in [1.82, 2.24) is 10.2 Å². The van der Waals surface area contributed by atoms with Crippen LogP contribution in [0.1, 0.15) is 17.4 Å². The zero-order valence-corrected chi connectivity index (χ0v) is 14.5. The first-order valence-corrected chi connectivity index (χ1v) is 7.72. The van der Waals surface area contributed by atoms with Crippen LogP contribution < -0.4 is 14.8 Å². The van der Waals surface area contributed by atoms with Gasteiger partial charge in [-0.15, -0.1) is 0 Å². The smallest absolute Gasteiger partial charge is 0.224 e. The third-order valence-electron chi connectivity index (χ3n) is 3.80. The van der Waals surface area contributed by atoms with Crippen LogP contribution in [0.4, 0.5) is 0 Å². The van der Waals surface area contributed by atoms with Gasteiger partial charge in [-0.1, -0.05) is 6.07 Å². The highest BCUT2D eigenvalue weighted by molar-refractivity contribution is 5.78. The molecule has 0 aliphatic carbocycles. The van der Waals surface area contributed by atoms with E-state index < -0.39 is 0 Å². The maximum Gasteiger partial charge on any atom is 0.224 e. The largest absolute Gasteiger partial charge is 0.493 e. The Morgan fingerprint density at radius 2 is 1.96 bits per heavy atom. The second-order valence-corrected chi connectivity index (χ2v) is 5.67. The Morgan fingerprint density at radius 1 is 1.21 bits per heavy atom. The molecular formula is C18H24N2O4. The molecule has 24 heavy (non-hydrogen) atoms. The topological polar surface area (TPSA) is 63.9 Å². The van der Waals surface area contributed by atoms with Gasteiger partial charge in [-0.05, 0) is 43.9 Å². The number of likely N-dealkylation sites (N-methyl/N-ethyl adjacent to an activating group) is 1. The number of hydrogen-bond acceptors (Lipinski definition) is 5. The quantitative estimate of drug-likeness (QED) is 0.803. The molecule has 1 amide bonds. The minimum atomic E-state index is -0.0550. The Morgan fingerprint density at radius 3 is 2.54 bits per heavy atom. The highest BCUT2D eigenvalue weighted by Crippen LogP contribution is 2.27. The van der Waals surface area contributed by atoms with Gasteiger partial charge in [-0.25, -0.2) is 0 Å². The van der Waals surface area contributed by atoms with Crippen LogP contribution in [-0.4, -0.2) is 45.7 Å². The summed E-state index contributed by atoms with van der Waals surface area (Å²) in [6, 6.07) is 9.22. The molecule has 130 valence electrons. The molecule has 2 rings (SSSR count). The van der Waals surface area contributed by atoms with Gasteiger partial charge in [0, 0.05) is 6.54 Å². The maximum absolute atomic E-state index is 12.2. The van der Waals surface area contributed by atoms with Gasteiger partial charge in [-0.3, -0.25) is 9.69 Å². The average Bonchev–Trinajstić information content (AvgIpc) is 3.08. The zero-order valence-electron chi connectivity index (χ0n) is 14.5. The van der Waals surface area contributed by atoms with E-state index in [9.17, 15) is 4.79 Å². The van der Waals surface area contributed by atoms with Crippen molar-refractivity contribution in [3.63, 3.8) is 0 Å². The minimum Gasteiger partial charge on any atom is -0.493 e. The Bertz CT molecular complexity index is 653. The van der Waals surface area contributed by atoms with Crippen molar-refractivity contribution in [1.29, 1.82) is 0 Å². The van der Waals surface area contributed by atoms with Gasteiger partial charge in [0.1, 0.15) is 5.76 Å². The van der Waals surface area contributed by atoms with Crippen LogP contribution in [0.15, 0.2) is 41.0 Å². The van der Waals surface area contributed by atoms with Gasteiger partial charge in [0.15, 0.2) is 11.5 Å². The summed E-state index contributed by atoms with van der Waals surface area (Å²) < 4.78 is 15.9. The van der Waals surface area contributed by atoms with Crippen LogP contribution in [0, 0.1) is 0 Å². The maximum atomic E-state index is 12.2. The van der Waals surface area contributed by atoms with E-state index in [0.29, 0.717) is 18.0 Å². The lowest BCUT2D eigenvalue weighted by Gasteiger charge is -2.22. The molecule has 0 saturated heterocycles. The van der Waals surface area contributed by atoms with Crippen molar-refractivity contribution in [2.24, 2.45) is 0 Å². The fraction of sp³-hybridized carbons (Fsp3) is 0.389. The second-order valence-electron chi connectivity index (χ2n) is 5.67. The highest BCUT2D eigenvalue weighted by Gasteiger charge is 2.18. The minimum absolute atomic E-state index is 0.00523. The van der Waals surface area contributed by atoms with E-state index in [-0.39, 0.29) is 18.4 Å². The van der Waals surface area contributed by atoms with E-state index in [1.807, 2.05) is 43.3 Å². The molecule has 0 aliphatic heterocycles. The Kier molecular flexibility index (Phi) is 6.26. The molecule has 1 aromatic heterocycles. The predicted octanol–water partition coefficient (Wildman–Crippen LogP) is 2.26. The fourth-order valence-electron chi connectivity index (χ4n) is 2.47.